The largest absolute Gasteiger partial charge is 0.545 e. The maximum absolute atomic E-state index is 13.6. The van der Waals surface area contributed by atoms with E-state index in [0.717, 1.165) is 48.5 Å². The molecule has 212 valence electrons. The zero-order valence-corrected chi connectivity index (χ0v) is 22.3. The minimum atomic E-state index is -4.44. The van der Waals surface area contributed by atoms with Crippen molar-refractivity contribution in [2.75, 3.05) is 9.80 Å². The van der Waals surface area contributed by atoms with Crippen LogP contribution in [0, 0.1) is 0 Å². The summed E-state index contributed by atoms with van der Waals surface area (Å²) in [4.78, 5) is 76.1. The number of hydrogen-bond acceptors (Lipinski definition) is 10. The summed E-state index contributed by atoms with van der Waals surface area (Å²) in [6.07, 6.45) is 0. The van der Waals surface area contributed by atoms with Gasteiger partial charge in [0.2, 0.25) is 9.84 Å². The van der Waals surface area contributed by atoms with Gasteiger partial charge in [-0.15, -0.1) is 0 Å². The first-order valence-electron chi connectivity index (χ1n) is 12.3. The maximum atomic E-state index is 13.6. The number of hydrogen-bond donors (Lipinski definition) is 0. The third kappa shape index (κ3) is 4.01. The molecule has 0 radical (unpaired) electrons. The van der Waals surface area contributed by atoms with E-state index in [1.165, 1.54) is 36.4 Å². The van der Waals surface area contributed by atoms with Crippen LogP contribution in [0.4, 0.5) is 11.4 Å². The summed E-state index contributed by atoms with van der Waals surface area (Å²) in [6, 6.07) is 16.7. The van der Waals surface area contributed by atoms with Crippen molar-refractivity contribution in [1.29, 1.82) is 0 Å². The number of sulfone groups is 1. The van der Waals surface area contributed by atoms with Crippen molar-refractivity contribution < 1.29 is 47.4 Å². The summed E-state index contributed by atoms with van der Waals surface area (Å²) >= 11 is 0. The normalized spacial score (nSPS) is 14.2. The molecular formula is C30H14N2O10S-2. The van der Waals surface area contributed by atoms with Gasteiger partial charge in [-0.2, -0.15) is 0 Å². The van der Waals surface area contributed by atoms with Crippen LogP contribution in [-0.4, -0.2) is 44.0 Å². The summed E-state index contributed by atoms with van der Waals surface area (Å²) in [6.45, 7) is 0. The van der Waals surface area contributed by atoms with Crippen LogP contribution in [0.2, 0.25) is 0 Å². The molecule has 12 nitrogen and oxygen atoms in total. The number of aromatic carboxylic acids is 2. The number of anilines is 2. The van der Waals surface area contributed by atoms with E-state index in [9.17, 15) is 47.4 Å². The highest BCUT2D eigenvalue weighted by molar-refractivity contribution is 7.91. The van der Waals surface area contributed by atoms with Crippen LogP contribution in [0.3, 0.4) is 0 Å². The Morgan fingerprint density at radius 2 is 0.860 bits per heavy atom. The van der Waals surface area contributed by atoms with Crippen molar-refractivity contribution in [3.8, 4) is 0 Å². The zero-order chi connectivity index (χ0) is 30.8. The van der Waals surface area contributed by atoms with Gasteiger partial charge in [-0.3, -0.25) is 19.2 Å². The van der Waals surface area contributed by atoms with E-state index in [-0.39, 0.29) is 33.6 Å². The number of rotatable bonds is 6. The molecule has 0 aromatic heterocycles. The molecule has 2 aliphatic heterocycles. The predicted molar refractivity (Wildman–Crippen MR) is 142 cm³/mol. The zero-order valence-electron chi connectivity index (χ0n) is 21.5. The molecule has 0 N–H and O–H groups in total. The highest BCUT2D eigenvalue weighted by Crippen LogP contribution is 2.35. The minimum Gasteiger partial charge on any atom is -0.545 e. The third-order valence-corrected chi connectivity index (χ3v) is 8.82. The van der Waals surface area contributed by atoms with Gasteiger partial charge in [-0.05, 0) is 48.5 Å². The second kappa shape index (κ2) is 9.56. The Kier molecular flexibility index (Phi) is 6.06. The molecule has 13 heteroatoms. The summed E-state index contributed by atoms with van der Waals surface area (Å²) in [5, 5.41) is 23.1. The highest BCUT2D eigenvalue weighted by Gasteiger charge is 2.41. The van der Waals surface area contributed by atoms with E-state index in [2.05, 4.69) is 0 Å². The summed E-state index contributed by atoms with van der Waals surface area (Å²) in [5.41, 5.74) is -2.23. The predicted octanol–water partition coefficient (Wildman–Crippen LogP) is 0.848. The minimum absolute atomic E-state index is 0.158. The van der Waals surface area contributed by atoms with Gasteiger partial charge in [-0.1, -0.05) is 36.4 Å². The Labute approximate surface area is 241 Å². The van der Waals surface area contributed by atoms with Gasteiger partial charge in [-0.25, -0.2) is 18.2 Å². The fourth-order valence-electron chi connectivity index (χ4n) is 5.03. The molecule has 2 aliphatic rings. The lowest BCUT2D eigenvalue weighted by atomic mass is 10.1. The van der Waals surface area contributed by atoms with E-state index in [1.807, 2.05) is 0 Å². The van der Waals surface area contributed by atoms with Gasteiger partial charge in [0.1, 0.15) is 0 Å². The average Bonchev–Trinajstić information content (AvgIpc) is 3.40. The van der Waals surface area contributed by atoms with Crippen molar-refractivity contribution in [3.05, 3.63) is 118 Å². The molecule has 4 aromatic rings. The lowest BCUT2D eigenvalue weighted by Gasteiger charge is -2.18. The maximum Gasteiger partial charge on any atom is 0.266 e. The molecule has 0 spiro atoms. The molecule has 0 unspecified atom stereocenters. The van der Waals surface area contributed by atoms with E-state index >= 15 is 0 Å². The number of para-hydroxylation sites is 2. The number of benzene rings is 4. The topological polar surface area (TPSA) is 189 Å². The number of amides is 4. The second-order valence-electron chi connectivity index (χ2n) is 9.42. The number of nitrogens with zero attached hydrogens (tertiary/aromatic N) is 2. The standard InChI is InChI=1S/C30H16N2O10S/c33-25-17-11-9-15(13-21(17)27(35)31(25)23-7-3-1-5-19(23)29(37)38)43(41,42)16-10-12-18-22(14-16)28(36)32(26(18)34)24-8-4-2-6-20(24)30(39)40/h1-14H,(H,37,38)(H,39,40)/p-2. The van der Waals surface area contributed by atoms with Crippen LogP contribution < -0.4 is 20.0 Å². The molecule has 43 heavy (non-hydrogen) atoms. The van der Waals surface area contributed by atoms with Crippen LogP contribution in [-0.2, 0) is 9.84 Å². The van der Waals surface area contributed by atoms with Crippen LogP contribution in [0.25, 0.3) is 0 Å². The molecule has 0 fully saturated rings. The van der Waals surface area contributed by atoms with Crippen molar-refractivity contribution in [3.63, 3.8) is 0 Å². The van der Waals surface area contributed by atoms with Crippen LogP contribution >= 0.6 is 0 Å². The van der Waals surface area contributed by atoms with Gasteiger partial charge >= 0.3 is 0 Å². The lowest BCUT2D eigenvalue weighted by molar-refractivity contribution is -0.256. The monoisotopic (exact) mass is 594 g/mol. The summed E-state index contributed by atoms with van der Waals surface area (Å²) in [7, 11) is -4.44. The highest BCUT2D eigenvalue weighted by atomic mass is 32.2. The summed E-state index contributed by atoms with van der Waals surface area (Å²) in [5.74, 6) is -6.89. The Morgan fingerprint density at radius 3 is 1.23 bits per heavy atom. The van der Waals surface area contributed by atoms with Crippen molar-refractivity contribution in [2.45, 2.75) is 9.79 Å². The van der Waals surface area contributed by atoms with Gasteiger partial charge < -0.3 is 19.8 Å². The molecule has 0 atom stereocenters. The van der Waals surface area contributed by atoms with E-state index in [4.69, 9.17) is 0 Å². The number of carboxylic acid groups (broad SMARTS) is 2. The van der Waals surface area contributed by atoms with Gasteiger partial charge in [0.25, 0.3) is 23.6 Å². The van der Waals surface area contributed by atoms with Crippen LogP contribution in [0.5, 0.6) is 0 Å². The number of carbonyl (C=O) groups is 6. The molecule has 6 rings (SSSR count). The average molecular weight is 595 g/mol. The molecular weight excluding hydrogens is 580 g/mol. The molecule has 0 bridgehead atoms. The Bertz CT molecular complexity index is 1960. The van der Waals surface area contributed by atoms with Crippen molar-refractivity contribution >= 4 is 56.8 Å². The Balaban J connectivity index is 1.37. The first-order chi connectivity index (χ1) is 20.4. The number of imide groups is 2. The Hall–Kier alpha value is -5.95. The smallest absolute Gasteiger partial charge is 0.266 e. The van der Waals surface area contributed by atoms with Gasteiger partial charge in [0.05, 0.1) is 55.4 Å². The molecule has 0 saturated carbocycles. The van der Waals surface area contributed by atoms with E-state index in [0.29, 0.717) is 9.80 Å². The lowest BCUT2D eigenvalue weighted by Crippen LogP contribution is -2.33. The summed E-state index contributed by atoms with van der Waals surface area (Å²) < 4.78 is 27.2. The van der Waals surface area contributed by atoms with E-state index in [1.54, 1.807) is 0 Å². The first-order valence-corrected chi connectivity index (χ1v) is 13.8. The first kappa shape index (κ1) is 27.2. The molecule has 0 aliphatic carbocycles. The second-order valence-corrected chi connectivity index (χ2v) is 11.4. The van der Waals surface area contributed by atoms with E-state index < -0.39 is 66.3 Å². The van der Waals surface area contributed by atoms with Crippen molar-refractivity contribution in [1.82, 2.24) is 0 Å². The number of carboxylic acids is 2. The molecule has 0 saturated heterocycles. The fraction of sp³-hybridized carbons (Fsp3) is 0. The van der Waals surface area contributed by atoms with Crippen LogP contribution in [0.15, 0.2) is 94.7 Å². The fourth-order valence-corrected chi connectivity index (χ4v) is 6.34. The number of fused-ring (bicyclic) bond motifs is 2. The van der Waals surface area contributed by atoms with Crippen LogP contribution in [0.1, 0.15) is 62.1 Å². The molecule has 2 heterocycles. The molecule has 4 aromatic carbocycles. The quantitative estimate of drug-likeness (QED) is 0.289. The van der Waals surface area contributed by atoms with Gasteiger partial charge in [0, 0.05) is 11.1 Å². The number of carbonyl (C=O) groups excluding carboxylic acids is 6. The van der Waals surface area contributed by atoms with Crippen molar-refractivity contribution in [2.24, 2.45) is 0 Å². The van der Waals surface area contributed by atoms with Gasteiger partial charge in [0.15, 0.2) is 0 Å². The SMILES string of the molecule is O=C([O-])c1ccccc1N1C(=O)c2ccc(S(=O)(=O)c3ccc4c(c3)C(=O)N(c3ccccc3C(=O)[O-])C4=O)cc2C1=O. The molecule has 4 amide bonds. The Morgan fingerprint density at radius 1 is 0.512 bits per heavy atom. The third-order valence-electron chi connectivity index (χ3n) is 7.07.